The number of nitrogens with one attached hydrogen (secondary N) is 1. The van der Waals surface area contributed by atoms with Gasteiger partial charge in [0.05, 0.1) is 6.54 Å². The van der Waals surface area contributed by atoms with Crippen LogP contribution in [0.25, 0.3) is 22.3 Å². The van der Waals surface area contributed by atoms with Gasteiger partial charge in [0.15, 0.2) is 5.82 Å². The van der Waals surface area contributed by atoms with Crippen LogP contribution in [-0.4, -0.2) is 19.7 Å². The molecule has 0 radical (unpaired) electrons. The monoisotopic (exact) mass is 241 g/mol. The number of rotatable bonds is 2. The molecule has 0 atom stereocenters. The van der Waals surface area contributed by atoms with E-state index >= 15 is 0 Å². The normalized spacial score (nSPS) is 11.3. The molecule has 2 heterocycles. The number of H-pyrrole nitrogens is 1. The molecule has 2 aromatic heterocycles. The van der Waals surface area contributed by atoms with Gasteiger partial charge in [-0.2, -0.15) is 5.10 Å². The molecule has 0 fully saturated rings. The fourth-order valence-corrected chi connectivity index (χ4v) is 2.27. The average Bonchev–Trinajstić information content (AvgIpc) is 2.88. The van der Waals surface area contributed by atoms with Gasteiger partial charge in [-0.15, -0.1) is 0 Å². The number of aryl methyl sites for hydroxylation is 2. The lowest BCUT2D eigenvalue weighted by molar-refractivity contribution is 0.703. The molecule has 3 aromatic rings. The minimum absolute atomic E-state index is 0.394. The van der Waals surface area contributed by atoms with Crippen LogP contribution in [0.1, 0.15) is 11.5 Å². The Labute approximate surface area is 105 Å². The fourth-order valence-electron chi connectivity index (χ4n) is 2.27. The summed E-state index contributed by atoms with van der Waals surface area (Å²) in [6.45, 7) is 2.43. The van der Waals surface area contributed by atoms with Crippen molar-refractivity contribution in [3.63, 3.8) is 0 Å². The van der Waals surface area contributed by atoms with Crippen LogP contribution in [0.2, 0.25) is 0 Å². The van der Waals surface area contributed by atoms with Crippen LogP contribution in [0.4, 0.5) is 0 Å². The lowest BCUT2D eigenvalue weighted by Crippen LogP contribution is -2.05. The van der Waals surface area contributed by atoms with Crippen LogP contribution in [-0.2, 0) is 13.6 Å². The minimum atomic E-state index is 0.394. The Morgan fingerprint density at radius 2 is 2.11 bits per heavy atom. The summed E-state index contributed by atoms with van der Waals surface area (Å²) in [6.07, 6.45) is 0. The number of para-hydroxylation sites is 1. The van der Waals surface area contributed by atoms with Gasteiger partial charge in [0.25, 0.3) is 0 Å². The topological polar surface area (TPSA) is 72.5 Å². The number of hydrogen-bond acceptors (Lipinski definition) is 3. The second-order valence-corrected chi connectivity index (χ2v) is 4.35. The molecule has 0 aliphatic carbocycles. The van der Waals surface area contributed by atoms with Gasteiger partial charge in [0.1, 0.15) is 5.82 Å². The zero-order valence-corrected chi connectivity index (χ0v) is 10.4. The number of nitrogens with two attached hydrogens (primary N) is 1. The summed E-state index contributed by atoms with van der Waals surface area (Å²) in [7, 11) is 1.86. The van der Waals surface area contributed by atoms with Crippen molar-refractivity contribution >= 4 is 10.9 Å². The first-order valence-electron chi connectivity index (χ1n) is 5.88. The zero-order chi connectivity index (χ0) is 12.7. The van der Waals surface area contributed by atoms with Gasteiger partial charge in [0.2, 0.25) is 0 Å². The lowest BCUT2D eigenvalue weighted by Gasteiger charge is -1.94. The smallest absolute Gasteiger partial charge is 0.183 e. The second-order valence-electron chi connectivity index (χ2n) is 4.35. The van der Waals surface area contributed by atoms with E-state index in [4.69, 9.17) is 5.73 Å². The fraction of sp³-hybridized carbons (Fsp3) is 0.231. The molecular weight excluding hydrogens is 226 g/mol. The number of aromatic amines is 1. The molecule has 0 aliphatic rings. The number of benzene rings is 1. The van der Waals surface area contributed by atoms with E-state index in [0.717, 1.165) is 33.8 Å². The molecule has 18 heavy (non-hydrogen) atoms. The maximum Gasteiger partial charge on any atom is 0.183 e. The predicted molar refractivity (Wildman–Crippen MR) is 70.9 cm³/mol. The van der Waals surface area contributed by atoms with Crippen LogP contribution >= 0.6 is 0 Å². The highest BCUT2D eigenvalue weighted by Crippen LogP contribution is 2.29. The first-order chi connectivity index (χ1) is 8.70. The quantitative estimate of drug-likeness (QED) is 0.717. The van der Waals surface area contributed by atoms with Gasteiger partial charge in [-0.05, 0) is 13.0 Å². The van der Waals surface area contributed by atoms with E-state index < -0.39 is 0 Å². The summed E-state index contributed by atoms with van der Waals surface area (Å²) in [5.41, 5.74) is 8.87. The van der Waals surface area contributed by atoms with E-state index in [-0.39, 0.29) is 0 Å². The van der Waals surface area contributed by atoms with Gasteiger partial charge in [-0.1, -0.05) is 18.2 Å². The van der Waals surface area contributed by atoms with Crippen LogP contribution in [0.5, 0.6) is 0 Å². The molecule has 3 rings (SSSR count). The Kier molecular flexibility index (Phi) is 2.41. The molecular formula is C13H15N5. The Bertz CT molecular complexity index is 707. The number of hydrogen-bond donors (Lipinski definition) is 2. The number of nitrogens with zero attached hydrogens (tertiary/aromatic N) is 3. The van der Waals surface area contributed by atoms with E-state index in [1.54, 1.807) is 4.68 Å². The van der Waals surface area contributed by atoms with Crippen LogP contribution in [0.3, 0.4) is 0 Å². The molecule has 5 nitrogen and oxygen atoms in total. The van der Waals surface area contributed by atoms with Crippen molar-refractivity contribution in [2.75, 3.05) is 0 Å². The Hall–Kier alpha value is -2.14. The summed E-state index contributed by atoms with van der Waals surface area (Å²) in [4.78, 5) is 7.84. The summed E-state index contributed by atoms with van der Waals surface area (Å²) in [6, 6.07) is 8.16. The van der Waals surface area contributed by atoms with E-state index in [1.165, 1.54) is 0 Å². The third-order valence-corrected chi connectivity index (χ3v) is 3.15. The highest BCUT2D eigenvalue weighted by Gasteiger charge is 2.15. The van der Waals surface area contributed by atoms with Gasteiger partial charge >= 0.3 is 0 Å². The molecule has 3 N–H and O–H groups in total. The highest BCUT2D eigenvalue weighted by atomic mass is 15.3. The Balaban J connectivity index is 2.27. The summed E-state index contributed by atoms with van der Waals surface area (Å²) < 4.78 is 1.73. The number of fused-ring (bicyclic) bond motifs is 1. The molecule has 92 valence electrons. The maximum atomic E-state index is 5.64. The Morgan fingerprint density at radius 3 is 2.83 bits per heavy atom. The first-order valence-corrected chi connectivity index (χ1v) is 5.88. The van der Waals surface area contributed by atoms with E-state index in [1.807, 2.05) is 26.1 Å². The molecule has 0 saturated heterocycles. The first kappa shape index (κ1) is 11.0. The Morgan fingerprint density at radius 1 is 1.33 bits per heavy atom. The summed E-state index contributed by atoms with van der Waals surface area (Å²) in [5, 5.41) is 5.58. The highest BCUT2D eigenvalue weighted by molar-refractivity contribution is 5.95. The standard InChI is InChI=1S/C13H15N5/c1-8-12(9-5-3-4-6-10(9)15-8)13-16-11(7-14)18(2)17-13/h3-6,15H,7,14H2,1-2H3. The number of aromatic nitrogens is 4. The van der Waals surface area contributed by atoms with E-state index in [2.05, 4.69) is 27.2 Å². The van der Waals surface area contributed by atoms with Crippen molar-refractivity contribution < 1.29 is 0 Å². The van der Waals surface area contributed by atoms with Crippen LogP contribution in [0.15, 0.2) is 24.3 Å². The van der Waals surface area contributed by atoms with Crippen molar-refractivity contribution in [1.82, 2.24) is 19.7 Å². The minimum Gasteiger partial charge on any atom is -0.358 e. The largest absolute Gasteiger partial charge is 0.358 e. The second kappa shape index (κ2) is 3.96. The summed E-state index contributed by atoms with van der Waals surface area (Å²) in [5.74, 6) is 1.52. The van der Waals surface area contributed by atoms with Gasteiger partial charge in [-0.25, -0.2) is 4.98 Å². The maximum absolute atomic E-state index is 5.64. The summed E-state index contributed by atoms with van der Waals surface area (Å²) >= 11 is 0. The molecule has 0 bridgehead atoms. The molecule has 0 saturated carbocycles. The van der Waals surface area contributed by atoms with Crippen molar-refractivity contribution in [2.45, 2.75) is 13.5 Å². The van der Waals surface area contributed by atoms with E-state index in [0.29, 0.717) is 6.54 Å². The molecule has 0 aliphatic heterocycles. The van der Waals surface area contributed by atoms with Crippen LogP contribution in [0, 0.1) is 6.92 Å². The zero-order valence-electron chi connectivity index (χ0n) is 10.4. The molecule has 0 amide bonds. The van der Waals surface area contributed by atoms with Crippen molar-refractivity contribution in [2.24, 2.45) is 12.8 Å². The van der Waals surface area contributed by atoms with Gasteiger partial charge in [0, 0.05) is 29.2 Å². The lowest BCUT2D eigenvalue weighted by atomic mass is 10.1. The molecule has 0 spiro atoms. The third kappa shape index (κ3) is 1.52. The van der Waals surface area contributed by atoms with Gasteiger partial charge < -0.3 is 10.7 Å². The SMILES string of the molecule is Cc1[nH]c2ccccc2c1-c1nc(CN)n(C)n1. The van der Waals surface area contributed by atoms with Gasteiger partial charge in [-0.3, -0.25) is 4.68 Å². The molecule has 1 aromatic carbocycles. The average molecular weight is 241 g/mol. The van der Waals surface area contributed by atoms with E-state index in [9.17, 15) is 0 Å². The van der Waals surface area contributed by atoms with Crippen LogP contribution < -0.4 is 5.73 Å². The van der Waals surface area contributed by atoms with Crippen molar-refractivity contribution in [3.8, 4) is 11.4 Å². The molecule has 0 unspecified atom stereocenters. The van der Waals surface area contributed by atoms with Crippen molar-refractivity contribution in [1.29, 1.82) is 0 Å². The third-order valence-electron chi connectivity index (χ3n) is 3.15. The predicted octanol–water partition coefficient (Wildman–Crippen LogP) is 1.73. The molecule has 5 heteroatoms. The van der Waals surface area contributed by atoms with Crippen molar-refractivity contribution in [3.05, 3.63) is 35.8 Å².